The highest BCUT2D eigenvalue weighted by Gasteiger charge is 2.12. The number of non-ortho nitro benzene ring substituents is 1. The Morgan fingerprint density at radius 3 is 2.89 bits per heavy atom. The van der Waals surface area contributed by atoms with Crippen LogP contribution in [0.2, 0.25) is 0 Å². The van der Waals surface area contributed by atoms with E-state index in [1.54, 1.807) is 23.5 Å². The first-order valence-corrected chi connectivity index (χ1v) is 9.53. The molecule has 0 saturated carbocycles. The Kier molecular flexibility index (Phi) is 4.38. The van der Waals surface area contributed by atoms with Crippen molar-refractivity contribution in [1.82, 2.24) is 9.97 Å². The molecule has 1 N–H and O–H groups in total. The molecule has 0 unspecified atom stereocenters. The van der Waals surface area contributed by atoms with Gasteiger partial charge in [-0.1, -0.05) is 23.5 Å². The van der Waals surface area contributed by atoms with E-state index < -0.39 is 4.92 Å². The first-order valence-electron chi connectivity index (χ1n) is 7.90. The smallest absolute Gasteiger partial charge is 0.270 e. The van der Waals surface area contributed by atoms with Gasteiger partial charge in [0.25, 0.3) is 5.69 Å². The minimum atomic E-state index is -0.473. The number of anilines is 1. The Bertz CT molecular complexity index is 1230. The van der Waals surface area contributed by atoms with Crippen LogP contribution in [-0.2, 0) is 4.79 Å². The molecule has 0 spiro atoms. The fraction of sp³-hybridized carbons (Fsp3) is 0.0556. The summed E-state index contributed by atoms with van der Waals surface area (Å²) in [5.41, 5.74) is 2.24. The summed E-state index contributed by atoms with van der Waals surface area (Å²) in [6, 6.07) is 9.97. The number of rotatable bonds is 4. The first-order chi connectivity index (χ1) is 13.0. The molecule has 0 aliphatic rings. The van der Waals surface area contributed by atoms with Crippen molar-refractivity contribution < 1.29 is 9.72 Å². The summed E-state index contributed by atoms with van der Waals surface area (Å²) < 4.78 is 2.03. The molecule has 1 amide bonds. The Hall–Kier alpha value is -3.17. The lowest BCUT2D eigenvalue weighted by molar-refractivity contribution is -0.384. The molecule has 2 heterocycles. The van der Waals surface area contributed by atoms with Crippen molar-refractivity contribution in [2.45, 2.75) is 6.92 Å². The van der Waals surface area contributed by atoms with Crippen molar-refractivity contribution in [3.63, 3.8) is 0 Å². The number of carbonyl (C=O) groups excluding carboxylic acids is 1. The van der Waals surface area contributed by atoms with Gasteiger partial charge in [-0.3, -0.25) is 20.2 Å². The van der Waals surface area contributed by atoms with Gasteiger partial charge in [0, 0.05) is 18.2 Å². The van der Waals surface area contributed by atoms with Crippen LogP contribution < -0.4 is 5.32 Å². The van der Waals surface area contributed by atoms with Crippen molar-refractivity contribution in [2.75, 3.05) is 5.32 Å². The van der Waals surface area contributed by atoms with Crippen LogP contribution in [0.25, 0.3) is 26.5 Å². The number of fused-ring (bicyclic) bond motifs is 3. The zero-order valence-corrected chi connectivity index (χ0v) is 15.6. The second-order valence-corrected chi connectivity index (χ2v) is 7.92. The van der Waals surface area contributed by atoms with Crippen molar-refractivity contribution in [3.05, 3.63) is 63.2 Å². The molecule has 0 saturated heterocycles. The number of nitro groups is 1. The number of aromatic nitrogens is 2. The SMILES string of the molecule is Cc1nc2c(ccc3nc(NC(=O)/C=C/c4cccc([N+](=O)[O-])c4)sc32)s1. The number of benzene rings is 2. The summed E-state index contributed by atoms with van der Waals surface area (Å²) in [7, 11) is 0. The first kappa shape index (κ1) is 17.3. The minimum Gasteiger partial charge on any atom is -0.298 e. The molecule has 4 aromatic rings. The number of carbonyl (C=O) groups is 1. The van der Waals surface area contributed by atoms with E-state index in [2.05, 4.69) is 15.3 Å². The summed E-state index contributed by atoms with van der Waals surface area (Å²) in [4.78, 5) is 31.5. The maximum absolute atomic E-state index is 12.2. The van der Waals surface area contributed by atoms with Crippen molar-refractivity contribution in [1.29, 1.82) is 0 Å². The second-order valence-electron chi connectivity index (χ2n) is 5.69. The number of nitrogens with one attached hydrogen (secondary N) is 1. The molecule has 0 aliphatic carbocycles. The summed E-state index contributed by atoms with van der Waals surface area (Å²) in [5.74, 6) is -0.355. The quantitative estimate of drug-likeness (QED) is 0.304. The number of nitro benzene ring substituents is 1. The molecule has 2 aromatic heterocycles. The van der Waals surface area contributed by atoms with E-state index in [1.165, 1.54) is 35.6 Å². The molecular weight excluding hydrogens is 384 g/mol. The molecule has 27 heavy (non-hydrogen) atoms. The molecule has 4 rings (SSSR count). The third kappa shape index (κ3) is 3.55. The van der Waals surface area contributed by atoms with Gasteiger partial charge in [-0.05, 0) is 30.7 Å². The third-order valence-electron chi connectivity index (χ3n) is 3.76. The van der Waals surface area contributed by atoms with Crippen molar-refractivity contribution in [2.24, 2.45) is 0 Å². The molecular formula is C18H12N4O3S2. The van der Waals surface area contributed by atoms with Gasteiger partial charge in [0.15, 0.2) is 5.13 Å². The Balaban J connectivity index is 1.55. The molecule has 134 valence electrons. The van der Waals surface area contributed by atoms with E-state index in [4.69, 9.17) is 0 Å². The number of amides is 1. The molecule has 0 fully saturated rings. The largest absolute Gasteiger partial charge is 0.298 e. The number of nitrogens with zero attached hydrogens (tertiary/aromatic N) is 3. The second kappa shape index (κ2) is 6.86. The summed E-state index contributed by atoms with van der Waals surface area (Å²) in [6.07, 6.45) is 2.85. The molecule has 2 aromatic carbocycles. The molecule has 0 radical (unpaired) electrons. The lowest BCUT2D eigenvalue weighted by Crippen LogP contribution is -2.07. The highest BCUT2D eigenvalue weighted by molar-refractivity contribution is 7.24. The molecule has 0 aliphatic heterocycles. The van der Waals surface area contributed by atoms with E-state index >= 15 is 0 Å². The van der Waals surface area contributed by atoms with Gasteiger partial charge in [0.2, 0.25) is 5.91 Å². The van der Waals surface area contributed by atoms with E-state index in [0.29, 0.717) is 10.7 Å². The fourth-order valence-electron chi connectivity index (χ4n) is 2.60. The van der Waals surface area contributed by atoms with Crippen LogP contribution in [0.1, 0.15) is 10.6 Å². The Morgan fingerprint density at radius 1 is 1.22 bits per heavy atom. The molecule has 0 atom stereocenters. The van der Waals surface area contributed by atoms with Gasteiger partial charge >= 0.3 is 0 Å². The topological polar surface area (TPSA) is 98.0 Å². The zero-order chi connectivity index (χ0) is 19.0. The lowest BCUT2D eigenvalue weighted by atomic mass is 10.2. The third-order valence-corrected chi connectivity index (χ3v) is 5.69. The molecule has 0 bridgehead atoms. The zero-order valence-electron chi connectivity index (χ0n) is 14.0. The van der Waals surface area contributed by atoms with Crippen LogP contribution in [0.5, 0.6) is 0 Å². The number of aryl methyl sites for hydroxylation is 1. The van der Waals surface area contributed by atoms with Crippen LogP contribution in [-0.4, -0.2) is 20.8 Å². The van der Waals surface area contributed by atoms with Gasteiger partial charge in [0.05, 0.1) is 24.8 Å². The highest BCUT2D eigenvalue weighted by Crippen LogP contribution is 2.34. The van der Waals surface area contributed by atoms with Gasteiger partial charge in [0.1, 0.15) is 5.52 Å². The van der Waals surface area contributed by atoms with Gasteiger partial charge < -0.3 is 0 Å². The van der Waals surface area contributed by atoms with E-state index in [0.717, 1.165) is 25.4 Å². The Labute approximate surface area is 161 Å². The predicted octanol–water partition coefficient (Wildman–Crippen LogP) is 4.77. The highest BCUT2D eigenvalue weighted by atomic mass is 32.1. The maximum atomic E-state index is 12.2. The summed E-state index contributed by atoms with van der Waals surface area (Å²) in [6.45, 7) is 1.96. The fourth-order valence-corrected chi connectivity index (χ4v) is 4.46. The van der Waals surface area contributed by atoms with Crippen LogP contribution in [0, 0.1) is 17.0 Å². The summed E-state index contributed by atoms with van der Waals surface area (Å²) >= 11 is 2.99. The van der Waals surface area contributed by atoms with E-state index in [-0.39, 0.29) is 11.6 Å². The minimum absolute atomic E-state index is 0.0219. The summed E-state index contributed by atoms with van der Waals surface area (Å²) in [5, 5.41) is 15.0. The van der Waals surface area contributed by atoms with Gasteiger partial charge in [-0.15, -0.1) is 11.3 Å². The standard InChI is InChI=1S/C18H12N4O3S2/c1-10-19-16-14(26-10)7-6-13-17(16)27-18(20-13)21-15(23)8-5-11-3-2-4-12(9-11)22(24)25/h2-9H,1H3,(H,20,21,23)/b8-5+. The van der Waals surface area contributed by atoms with Crippen LogP contribution in [0.15, 0.2) is 42.5 Å². The van der Waals surface area contributed by atoms with E-state index in [9.17, 15) is 14.9 Å². The van der Waals surface area contributed by atoms with Gasteiger partial charge in [-0.25, -0.2) is 9.97 Å². The average Bonchev–Trinajstić information content (AvgIpc) is 3.22. The van der Waals surface area contributed by atoms with E-state index in [1.807, 2.05) is 19.1 Å². The number of thiazole rings is 2. The average molecular weight is 396 g/mol. The van der Waals surface area contributed by atoms with Crippen molar-refractivity contribution in [3.8, 4) is 0 Å². The number of hydrogen-bond acceptors (Lipinski definition) is 7. The van der Waals surface area contributed by atoms with Gasteiger partial charge in [-0.2, -0.15) is 0 Å². The Morgan fingerprint density at radius 2 is 2.07 bits per heavy atom. The molecule has 9 heteroatoms. The monoisotopic (exact) mass is 396 g/mol. The van der Waals surface area contributed by atoms with Crippen LogP contribution in [0.4, 0.5) is 10.8 Å². The van der Waals surface area contributed by atoms with Crippen LogP contribution >= 0.6 is 22.7 Å². The maximum Gasteiger partial charge on any atom is 0.270 e. The normalized spacial score (nSPS) is 11.4. The van der Waals surface area contributed by atoms with Crippen molar-refractivity contribution >= 4 is 65.9 Å². The number of hydrogen-bond donors (Lipinski definition) is 1. The van der Waals surface area contributed by atoms with Crippen LogP contribution in [0.3, 0.4) is 0 Å². The predicted molar refractivity (Wildman–Crippen MR) is 108 cm³/mol. The lowest BCUT2D eigenvalue weighted by Gasteiger charge is -1.96. The molecule has 7 nitrogen and oxygen atoms in total.